The zero-order valence-corrected chi connectivity index (χ0v) is 11.1. The third-order valence-electron chi connectivity index (χ3n) is 3.41. The summed E-state index contributed by atoms with van der Waals surface area (Å²) in [7, 11) is 1.69. The first-order valence-electron chi connectivity index (χ1n) is 6.08. The van der Waals surface area contributed by atoms with Crippen molar-refractivity contribution in [3.8, 4) is 0 Å². The van der Waals surface area contributed by atoms with Gasteiger partial charge in [-0.3, -0.25) is 11.3 Å². The number of halogens is 2. The Morgan fingerprint density at radius 2 is 2.28 bits per heavy atom. The SMILES string of the molecule is COC(C1CC1)C(Cc1ccc(Cl)c(F)c1)NN. The molecule has 2 unspecified atom stereocenters. The monoisotopic (exact) mass is 272 g/mol. The molecule has 2 atom stereocenters. The Morgan fingerprint density at radius 3 is 2.78 bits per heavy atom. The Kier molecular flexibility index (Phi) is 4.56. The Balaban J connectivity index is 2.06. The third-order valence-corrected chi connectivity index (χ3v) is 3.72. The van der Waals surface area contributed by atoms with Crippen LogP contribution in [0.1, 0.15) is 18.4 Å². The molecule has 3 N–H and O–H groups in total. The lowest BCUT2D eigenvalue weighted by atomic mass is 9.98. The highest BCUT2D eigenvalue weighted by molar-refractivity contribution is 6.30. The number of hydrazine groups is 1. The molecule has 1 aliphatic carbocycles. The summed E-state index contributed by atoms with van der Waals surface area (Å²) in [5.41, 5.74) is 3.64. The van der Waals surface area contributed by atoms with E-state index in [2.05, 4.69) is 5.43 Å². The third kappa shape index (κ3) is 3.20. The molecule has 0 radical (unpaired) electrons. The van der Waals surface area contributed by atoms with Crippen molar-refractivity contribution >= 4 is 11.6 Å². The van der Waals surface area contributed by atoms with Crippen LogP contribution in [0.4, 0.5) is 4.39 Å². The fourth-order valence-electron chi connectivity index (χ4n) is 2.30. The second kappa shape index (κ2) is 5.97. The molecule has 0 heterocycles. The minimum absolute atomic E-state index is 0.0110. The number of nitrogens with one attached hydrogen (secondary N) is 1. The zero-order chi connectivity index (χ0) is 13.1. The number of methoxy groups -OCH3 is 1. The first-order chi connectivity index (χ1) is 8.65. The molecule has 0 saturated heterocycles. The Hall–Kier alpha value is -0.680. The van der Waals surface area contributed by atoms with E-state index in [1.807, 2.05) is 6.07 Å². The molecule has 0 aliphatic heterocycles. The maximum absolute atomic E-state index is 13.4. The lowest BCUT2D eigenvalue weighted by Gasteiger charge is -2.25. The Bertz CT molecular complexity index is 412. The molecule has 1 aliphatic rings. The molecule has 3 nitrogen and oxygen atoms in total. The van der Waals surface area contributed by atoms with Crippen LogP contribution in [-0.2, 0) is 11.2 Å². The van der Waals surface area contributed by atoms with Gasteiger partial charge in [0.25, 0.3) is 0 Å². The average Bonchev–Trinajstić information content (AvgIpc) is 3.18. The largest absolute Gasteiger partial charge is 0.379 e. The van der Waals surface area contributed by atoms with E-state index in [0.29, 0.717) is 12.3 Å². The summed E-state index contributed by atoms with van der Waals surface area (Å²) >= 11 is 5.66. The van der Waals surface area contributed by atoms with E-state index < -0.39 is 5.82 Å². The van der Waals surface area contributed by atoms with Crippen LogP contribution in [0.3, 0.4) is 0 Å². The van der Waals surface area contributed by atoms with Gasteiger partial charge in [0.15, 0.2) is 0 Å². The molecule has 18 heavy (non-hydrogen) atoms. The van der Waals surface area contributed by atoms with Crippen LogP contribution in [0.2, 0.25) is 5.02 Å². The molecule has 1 fully saturated rings. The molecule has 0 bridgehead atoms. The zero-order valence-electron chi connectivity index (χ0n) is 10.3. The van der Waals surface area contributed by atoms with Crippen LogP contribution in [0, 0.1) is 11.7 Å². The lowest BCUT2D eigenvalue weighted by molar-refractivity contribution is 0.0511. The van der Waals surface area contributed by atoms with Gasteiger partial charge in [0, 0.05) is 7.11 Å². The van der Waals surface area contributed by atoms with Gasteiger partial charge in [0.05, 0.1) is 17.2 Å². The molecule has 2 rings (SSSR count). The van der Waals surface area contributed by atoms with Crippen LogP contribution < -0.4 is 11.3 Å². The predicted octanol–water partition coefficient (Wildman–Crippen LogP) is 2.28. The summed E-state index contributed by atoms with van der Waals surface area (Å²) in [6, 6.07) is 4.82. The molecule has 100 valence electrons. The maximum Gasteiger partial charge on any atom is 0.142 e. The van der Waals surface area contributed by atoms with Crippen molar-refractivity contribution in [1.82, 2.24) is 5.43 Å². The highest BCUT2D eigenvalue weighted by Crippen LogP contribution is 2.36. The number of nitrogens with two attached hydrogens (primary N) is 1. The molecule has 1 aromatic carbocycles. The van der Waals surface area contributed by atoms with E-state index in [-0.39, 0.29) is 17.2 Å². The second-order valence-electron chi connectivity index (χ2n) is 4.76. The topological polar surface area (TPSA) is 47.3 Å². The lowest BCUT2D eigenvalue weighted by Crippen LogP contribution is -2.47. The van der Waals surface area contributed by atoms with Crippen LogP contribution in [-0.4, -0.2) is 19.3 Å². The van der Waals surface area contributed by atoms with Gasteiger partial charge < -0.3 is 4.74 Å². The summed E-state index contributed by atoms with van der Waals surface area (Å²) in [5.74, 6) is 5.75. The van der Waals surface area contributed by atoms with Crippen LogP contribution in [0.25, 0.3) is 0 Å². The van der Waals surface area contributed by atoms with Gasteiger partial charge in [0.1, 0.15) is 5.82 Å². The fourth-order valence-corrected chi connectivity index (χ4v) is 2.42. The molecule has 1 aromatic rings. The van der Waals surface area contributed by atoms with Crippen molar-refractivity contribution in [2.75, 3.05) is 7.11 Å². The summed E-state index contributed by atoms with van der Waals surface area (Å²) in [5, 5.41) is 0.140. The minimum Gasteiger partial charge on any atom is -0.379 e. The van der Waals surface area contributed by atoms with Crippen LogP contribution >= 0.6 is 11.6 Å². The highest BCUT2D eigenvalue weighted by atomic mass is 35.5. The first-order valence-corrected chi connectivity index (χ1v) is 6.46. The van der Waals surface area contributed by atoms with Gasteiger partial charge in [0.2, 0.25) is 0 Å². The number of hydrogen-bond donors (Lipinski definition) is 2. The van der Waals surface area contributed by atoms with Gasteiger partial charge in [-0.15, -0.1) is 0 Å². The van der Waals surface area contributed by atoms with E-state index >= 15 is 0 Å². The van der Waals surface area contributed by atoms with Crippen molar-refractivity contribution in [1.29, 1.82) is 0 Å². The molecule has 0 amide bonds. The van der Waals surface area contributed by atoms with Gasteiger partial charge in [-0.05, 0) is 42.9 Å². The van der Waals surface area contributed by atoms with E-state index in [9.17, 15) is 4.39 Å². The fraction of sp³-hybridized carbons (Fsp3) is 0.538. The molecule has 1 saturated carbocycles. The van der Waals surface area contributed by atoms with Gasteiger partial charge in [-0.1, -0.05) is 17.7 Å². The molecule has 0 spiro atoms. The van der Waals surface area contributed by atoms with Crippen molar-refractivity contribution in [3.63, 3.8) is 0 Å². The van der Waals surface area contributed by atoms with E-state index in [4.69, 9.17) is 22.2 Å². The Morgan fingerprint density at radius 1 is 1.56 bits per heavy atom. The molecular formula is C13H18ClFN2O. The summed E-state index contributed by atoms with van der Waals surface area (Å²) in [4.78, 5) is 0. The van der Waals surface area contributed by atoms with Crippen molar-refractivity contribution in [2.45, 2.75) is 31.4 Å². The first kappa shape index (κ1) is 13.7. The number of hydrogen-bond acceptors (Lipinski definition) is 3. The predicted molar refractivity (Wildman–Crippen MR) is 69.7 cm³/mol. The normalized spacial score (nSPS) is 18.7. The van der Waals surface area contributed by atoms with E-state index in [0.717, 1.165) is 5.56 Å². The van der Waals surface area contributed by atoms with Gasteiger partial charge in [-0.2, -0.15) is 0 Å². The van der Waals surface area contributed by atoms with E-state index in [1.54, 1.807) is 13.2 Å². The van der Waals surface area contributed by atoms with Crippen LogP contribution in [0.5, 0.6) is 0 Å². The molecule has 0 aromatic heterocycles. The van der Waals surface area contributed by atoms with Gasteiger partial charge in [-0.25, -0.2) is 4.39 Å². The number of rotatable bonds is 6. The quantitative estimate of drug-likeness (QED) is 0.617. The molecule has 5 heteroatoms. The minimum atomic E-state index is -0.398. The average molecular weight is 273 g/mol. The van der Waals surface area contributed by atoms with E-state index in [1.165, 1.54) is 18.9 Å². The summed E-state index contributed by atoms with van der Waals surface area (Å²) in [6.45, 7) is 0. The smallest absolute Gasteiger partial charge is 0.142 e. The summed E-state index contributed by atoms with van der Waals surface area (Å²) < 4.78 is 18.9. The molecular weight excluding hydrogens is 255 g/mol. The maximum atomic E-state index is 13.4. The second-order valence-corrected chi connectivity index (χ2v) is 5.17. The van der Waals surface area contributed by atoms with Crippen molar-refractivity contribution in [3.05, 3.63) is 34.6 Å². The Labute approximate surface area is 111 Å². The van der Waals surface area contributed by atoms with Crippen molar-refractivity contribution in [2.24, 2.45) is 11.8 Å². The van der Waals surface area contributed by atoms with Crippen LogP contribution in [0.15, 0.2) is 18.2 Å². The highest BCUT2D eigenvalue weighted by Gasteiger charge is 2.36. The van der Waals surface area contributed by atoms with Gasteiger partial charge >= 0.3 is 0 Å². The summed E-state index contributed by atoms with van der Waals surface area (Å²) in [6.07, 6.45) is 3.05. The standard InChI is InChI=1S/C13H18ClFN2O/c1-18-13(9-3-4-9)12(17-16)7-8-2-5-10(14)11(15)6-8/h2,5-6,9,12-13,17H,3-4,7,16H2,1H3. The van der Waals surface area contributed by atoms with Crippen molar-refractivity contribution < 1.29 is 9.13 Å². The number of ether oxygens (including phenoxy) is 1. The number of benzene rings is 1.